The Balaban J connectivity index is 0.00000306. The second-order valence-electron chi connectivity index (χ2n) is 7.74. The smallest absolute Gasteiger partial charge is 0.191 e. The molecule has 2 heterocycles. The van der Waals surface area contributed by atoms with Gasteiger partial charge in [-0.1, -0.05) is 36.4 Å². The molecule has 0 radical (unpaired) electrons. The van der Waals surface area contributed by atoms with Crippen molar-refractivity contribution >= 4 is 40.8 Å². The topological polar surface area (TPSA) is 71.0 Å². The zero-order chi connectivity index (χ0) is 22.2. The van der Waals surface area contributed by atoms with Crippen LogP contribution < -0.4 is 15.4 Å². The number of rotatable bonds is 7. The average molecular weight is 561 g/mol. The van der Waals surface area contributed by atoms with Crippen molar-refractivity contribution in [2.45, 2.75) is 12.6 Å². The van der Waals surface area contributed by atoms with Gasteiger partial charge in [0, 0.05) is 44.8 Å². The van der Waals surface area contributed by atoms with Crippen LogP contribution in [0.3, 0.4) is 0 Å². The molecule has 1 unspecified atom stereocenters. The van der Waals surface area contributed by atoms with E-state index in [9.17, 15) is 0 Å². The summed E-state index contributed by atoms with van der Waals surface area (Å²) in [6.07, 6.45) is 1.83. The first-order valence-electron chi connectivity index (χ1n) is 11.0. The van der Waals surface area contributed by atoms with Crippen molar-refractivity contribution in [1.29, 1.82) is 0 Å². The largest absolute Gasteiger partial charge is 0.497 e. The fourth-order valence-electron chi connectivity index (χ4n) is 4.08. The monoisotopic (exact) mass is 561 g/mol. The van der Waals surface area contributed by atoms with Gasteiger partial charge in [0.1, 0.15) is 5.75 Å². The Hall–Kier alpha value is -2.43. The summed E-state index contributed by atoms with van der Waals surface area (Å²) < 4.78 is 10.9. The number of aliphatic imine (C=N–C) groups is 1. The SMILES string of the molecule is CN=C(NCc1cccc2cccnc12)NCC(c1ccc(OC)cc1)N1CCOCC1.I. The number of fused-ring (bicyclic) bond motifs is 1. The second kappa shape index (κ2) is 12.7. The lowest BCUT2D eigenvalue weighted by Crippen LogP contribution is -2.46. The number of morpholine rings is 1. The molecular weight excluding hydrogens is 529 g/mol. The zero-order valence-corrected chi connectivity index (χ0v) is 21.5. The minimum Gasteiger partial charge on any atom is -0.497 e. The van der Waals surface area contributed by atoms with Gasteiger partial charge in [0.15, 0.2) is 5.96 Å². The molecule has 1 fully saturated rings. The number of guanidine groups is 1. The van der Waals surface area contributed by atoms with Crippen molar-refractivity contribution in [1.82, 2.24) is 20.5 Å². The lowest BCUT2D eigenvalue weighted by Gasteiger charge is -2.35. The highest BCUT2D eigenvalue weighted by molar-refractivity contribution is 14.0. The van der Waals surface area contributed by atoms with Gasteiger partial charge in [0.05, 0.1) is 31.9 Å². The third-order valence-corrected chi connectivity index (χ3v) is 5.84. The summed E-state index contributed by atoms with van der Waals surface area (Å²) in [6, 6.07) is 18.8. The van der Waals surface area contributed by atoms with Gasteiger partial charge in [0.2, 0.25) is 0 Å². The number of benzene rings is 2. The fraction of sp³-hybridized carbons (Fsp3) is 0.360. The summed E-state index contributed by atoms with van der Waals surface area (Å²) in [5.41, 5.74) is 3.40. The van der Waals surface area contributed by atoms with Gasteiger partial charge in [-0.05, 0) is 29.3 Å². The fourth-order valence-corrected chi connectivity index (χ4v) is 4.08. The minimum atomic E-state index is 0. The van der Waals surface area contributed by atoms with Gasteiger partial charge in [-0.3, -0.25) is 14.9 Å². The summed E-state index contributed by atoms with van der Waals surface area (Å²) in [6.45, 7) is 4.72. The molecule has 4 rings (SSSR count). The molecular formula is C25H32IN5O2. The molecule has 8 heteroatoms. The number of ether oxygens (including phenoxy) is 2. The maximum absolute atomic E-state index is 5.57. The number of halogens is 1. The van der Waals surface area contributed by atoms with Gasteiger partial charge in [-0.2, -0.15) is 0 Å². The number of para-hydroxylation sites is 1. The van der Waals surface area contributed by atoms with Crippen LogP contribution in [0.25, 0.3) is 10.9 Å². The van der Waals surface area contributed by atoms with E-state index in [0.717, 1.165) is 61.0 Å². The summed E-state index contributed by atoms with van der Waals surface area (Å²) >= 11 is 0. The molecule has 0 aliphatic carbocycles. The highest BCUT2D eigenvalue weighted by atomic mass is 127. The molecule has 33 heavy (non-hydrogen) atoms. The Bertz CT molecular complexity index is 1030. The quantitative estimate of drug-likeness (QED) is 0.261. The van der Waals surface area contributed by atoms with Crippen molar-refractivity contribution in [2.75, 3.05) is 47.0 Å². The maximum Gasteiger partial charge on any atom is 0.191 e. The second-order valence-corrected chi connectivity index (χ2v) is 7.74. The standard InChI is InChI=1S/C25H31N5O2.HI/c1-26-25(28-17-21-6-3-5-20-7-4-12-27-24(20)21)29-18-23(30-13-15-32-16-14-30)19-8-10-22(31-2)11-9-19;/h3-12,23H,13-18H2,1-2H3,(H2,26,28,29);1H. The van der Waals surface area contributed by atoms with E-state index in [2.05, 4.69) is 61.9 Å². The Kier molecular flexibility index (Phi) is 9.71. The predicted molar refractivity (Wildman–Crippen MR) is 143 cm³/mol. The molecule has 1 atom stereocenters. The van der Waals surface area contributed by atoms with E-state index in [-0.39, 0.29) is 30.0 Å². The minimum absolute atomic E-state index is 0. The molecule has 176 valence electrons. The van der Waals surface area contributed by atoms with E-state index in [1.54, 1.807) is 14.2 Å². The zero-order valence-electron chi connectivity index (χ0n) is 19.2. The van der Waals surface area contributed by atoms with Crippen LogP contribution in [0.15, 0.2) is 65.8 Å². The number of methoxy groups -OCH3 is 1. The van der Waals surface area contributed by atoms with E-state index >= 15 is 0 Å². The molecule has 2 N–H and O–H groups in total. The molecule has 1 aliphatic rings. The van der Waals surface area contributed by atoms with Crippen LogP contribution in [-0.4, -0.2) is 62.8 Å². The highest BCUT2D eigenvalue weighted by Gasteiger charge is 2.23. The molecule has 0 saturated carbocycles. The Morgan fingerprint density at radius 3 is 2.58 bits per heavy atom. The predicted octanol–water partition coefficient (Wildman–Crippen LogP) is 3.60. The van der Waals surface area contributed by atoms with Crippen LogP contribution in [-0.2, 0) is 11.3 Å². The first kappa shape index (κ1) is 25.2. The van der Waals surface area contributed by atoms with Crippen molar-refractivity contribution < 1.29 is 9.47 Å². The number of nitrogens with one attached hydrogen (secondary N) is 2. The molecule has 1 aromatic heterocycles. The number of aromatic nitrogens is 1. The number of hydrogen-bond acceptors (Lipinski definition) is 5. The molecule has 0 spiro atoms. The summed E-state index contributed by atoms with van der Waals surface area (Å²) in [5.74, 6) is 1.63. The van der Waals surface area contributed by atoms with E-state index in [4.69, 9.17) is 9.47 Å². The van der Waals surface area contributed by atoms with E-state index < -0.39 is 0 Å². The molecule has 3 aromatic rings. The normalized spacial score (nSPS) is 15.5. The van der Waals surface area contributed by atoms with E-state index in [1.165, 1.54) is 5.56 Å². The molecule has 0 amide bonds. The summed E-state index contributed by atoms with van der Waals surface area (Å²) in [4.78, 5) is 11.4. The molecule has 1 saturated heterocycles. The van der Waals surface area contributed by atoms with Crippen LogP contribution in [0.5, 0.6) is 5.75 Å². The van der Waals surface area contributed by atoms with Gasteiger partial charge >= 0.3 is 0 Å². The third kappa shape index (κ3) is 6.55. The summed E-state index contributed by atoms with van der Waals surface area (Å²) in [5, 5.41) is 8.10. The van der Waals surface area contributed by atoms with Crippen LogP contribution in [0.2, 0.25) is 0 Å². The molecule has 7 nitrogen and oxygen atoms in total. The maximum atomic E-state index is 5.57. The highest BCUT2D eigenvalue weighted by Crippen LogP contribution is 2.23. The van der Waals surface area contributed by atoms with Gasteiger partial charge in [-0.15, -0.1) is 24.0 Å². The lowest BCUT2D eigenvalue weighted by atomic mass is 10.0. The first-order valence-corrected chi connectivity index (χ1v) is 11.0. The van der Waals surface area contributed by atoms with Crippen LogP contribution in [0.4, 0.5) is 0 Å². The average Bonchev–Trinajstić information content (AvgIpc) is 2.87. The Morgan fingerprint density at radius 2 is 1.85 bits per heavy atom. The van der Waals surface area contributed by atoms with Crippen LogP contribution >= 0.6 is 24.0 Å². The van der Waals surface area contributed by atoms with Gasteiger partial charge in [-0.25, -0.2) is 0 Å². The number of nitrogens with zero attached hydrogens (tertiary/aromatic N) is 3. The van der Waals surface area contributed by atoms with Crippen molar-refractivity contribution in [3.63, 3.8) is 0 Å². The van der Waals surface area contributed by atoms with Crippen LogP contribution in [0.1, 0.15) is 17.2 Å². The number of hydrogen-bond donors (Lipinski definition) is 2. The Labute approximate surface area is 212 Å². The number of pyridine rings is 1. The van der Waals surface area contributed by atoms with E-state index in [1.807, 2.05) is 24.4 Å². The van der Waals surface area contributed by atoms with Crippen LogP contribution in [0, 0.1) is 0 Å². The van der Waals surface area contributed by atoms with Gasteiger partial charge < -0.3 is 20.1 Å². The van der Waals surface area contributed by atoms with Gasteiger partial charge in [0.25, 0.3) is 0 Å². The van der Waals surface area contributed by atoms with Crippen molar-refractivity contribution in [3.05, 3.63) is 71.9 Å². The summed E-state index contributed by atoms with van der Waals surface area (Å²) in [7, 11) is 3.49. The van der Waals surface area contributed by atoms with Crippen molar-refractivity contribution in [3.8, 4) is 5.75 Å². The molecule has 2 aromatic carbocycles. The van der Waals surface area contributed by atoms with Crippen molar-refractivity contribution in [2.24, 2.45) is 4.99 Å². The van der Waals surface area contributed by atoms with E-state index in [0.29, 0.717) is 6.54 Å². The first-order chi connectivity index (χ1) is 15.8. The third-order valence-electron chi connectivity index (χ3n) is 5.84. The Morgan fingerprint density at radius 1 is 1.09 bits per heavy atom. The lowest BCUT2D eigenvalue weighted by molar-refractivity contribution is 0.0170. The molecule has 0 bridgehead atoms. The molecule has 1 aliphatic heterocycles.